The monoisotopic (exact) mass is 314 g/mol. The van der Waals surface area contributed by atoms with Crippen LogP contribution in [-0.4, -0.2) is 40.5 Å². The fourth-order valence-electron chi connectivity index (χ4n) is 1.88. The standard InChI is InChI=1S/C14H22N2O4S/c1-10(9-15-11-4-5-11)21(17,18)16-13-8-12(19-2)6-7-14(13)20-3/h6-8,10-11,15-16H,4-5,9H2,1-3H3. The van der Waals surface area contributed by atoms with E-state index in [1.54, 1.807) is 25.1 Å². The van der Waals surface area contributed by atoms with Crippen molar-refractivity contribution in [1.82, 2.24) is 5.32 Å². The Morgan fingerprint density at radius 3 is 2.57 bits per heavy atom. The minimum absolute atomic E-state index is 0.384. The second-order valence-corrected chi connectivity index (χ2v) is 7.31. The molecule has 1 fully saturated rings. The number of ether oxygens (including phenoxy) is 2. The summed E-state index contributed by atoms with van der Waals surface area (Å²) in [5.74, 6) is 1.03. The van der Waals surface area contributed by atoms with Crippen molar-refractivity contribution in [2.75, 3.05) is 25.5 Å². The number of nitrogens with one attached hydrogen (secondary N) is 2. The van der Waals surface area contributed by atoms with Gasteiger partial charge in [0.2, 0.25) is 10.0 Å². The molecule has 0 amide bonds. The van der Waals surface area contributed by atoms with Gasteiger partial charge < -0.3 is 14.8 Å². The molecule has 1 aromatic carbocycles. The lowest BCUT2D eigenvalue weighted by Crippen LogP contribution is -2.35. The Labute approximate surface area is 125 Å². The van der Waals surface area contributed by atoms with Crippen molar-refractivity contribution < 1.29 is 17.9 Å². The van der Waals surface area contributed by atoms with Crippen LogP contribution in [0.1, 0.15) is 19.8 Å². The van der Waals surface area contributed by atoms with Crippen LogP contribution < -0.4 is 19.5 Å². The molecule has 2 N–H and O–H groups in total. The van der Waals surface area contributed by atoms with Gasteiger partial charge in [-0.3, -0.25) is 4.72 Å². The molecule has 0 spiro atoms. The number of anilines is 1. The number of benzene rings is 1. The zero-order valence-corrected chi connectivity index (χ0v) is 13.4. The molecule has 21 heavy (non-hydrogen) atoms. The zero-order chi connectivity index (χ0) is 15.5. The lowest BCUT2D eigenvalue weighted by Gasteiger charge is -2.17. The van der Waals surface area contributed by atoms with Gasteiger partial charge in [-0.15, -0.1) is 0 Å². The topological polar surface area (TPSA) is 76.7 Å². The van der Waals surface area contributed by atoms with Crippen molar-refractivity contribution in [2.24, 2.45) is 0 Å². The van der Waals surface area contributed by atoms with E-state index in [1.165, 1.54) is 14.2 Å². The molecule has 7 heteroatoms. The molecular weight excluding hydrogens is 292 g/mol. The van der Waals surface area contributed by atoms with E-state index in [2.05, 4.69) is 10.0 Å². The van der Waals surface area contributed by atoms with Crippen LogP contribution in [0.2, 0.25) is 0 Å². The third kappa shape index (κ3) is 4.25. The van der Waals surface area contributed by atoms with E-state index in [9.17, 15) is 8.42 Å². The van der Waals surface area contributed by atoms with Crippen LogP contribution in [0.25, 0.3) is 0 Å². The highest BCUT2D eigenvalue weighted by molar-refractivity contribution is 7.93. The van der Waals surface area contributed by atoms with Gasteiger partial charge in [0, 0.05) is 18.7 Å². The van der Waals surface area contributed by atoms with Gasteiger partial charge in [0.15, 0.2) is 0 Å². The minimum atomic E-state index is -3.49. The maximum atomic E-state index is 12.4. The number of rotatable bonds is 8. The van der Waals surface area contributed by atoms with Gasteiger partial charge in [0.1, 0.15) is 11.5 Å². The molecule has 1 aliphatic carbocycles. The quantitative estimate of drug-likeness (QED) is 0.762. The molecule has 0 aromatic heterocycles. The molecule has 118 valence electrons. The van der Waals surface area contributed by atoms with Crippen molar-refractivity contribution in [1.29, 1.82) is 0 Å². The van der Waals surface area contributed by atoms with Gasteiger partial charge in [-0.05, 0) is 31.9 Å². The van der Waals surface area contributed by atoms with E-state index in [0.29, 0.717) is 29.8 Å². The van der Waals surface area contributed by atoms with E-state index in [-0.39, 0.29) is 0 Å². The summed E-state index contributed by atoms with van der Waals surface area (Å²) in [6.45, 7) is 2.12. The van der Waals surface area contributed by atoms with Crippen molar-refractivity contribution in [3.8, 4) is 11.5 Å². The van der Waals surface area contributed by atoms with Crippen molar-refractivity contribution in [2.45, 2.75) is 31.1 Å². The normalized spacial score (nSPS) is 16.3. The Morgan fingerprint density at radius 1 is 1.29 bits per heavy atom. The summed E-state index contributed by atoms with van der Waals surface area (Å²) in [5.41, 5.74) is 0.384. The summed E-state index contributed by atoms with van der Waals surface area (Å²) in [5, 5.41) is 2.69. The maximum absolute atomic E-state index is 12.4. The highest BCUT2D eigenvalue weighted by Gasteiger charge is 2.26. The largest absolute Gasteiger partial charge is 0.497 e. The lowest BCUT2D eigenvalue weighted by atomic mass is 10.3. The predicted octanol–water partition coefficient (Wildman–Crippen LogP) is 1.59. The molecule has 0 aliphatic heterocycles. The molecule has 0 saturated heterocycles. The third-order valence-electron chi connectivity index (χ3n) is 3.46. The van der Waals surface area contributed by atoms with Crippen molar-refractivity contribution in [3.63, 3.8) is 0 Å². The van der Waals surface area contributed by atoms with Crippen molar-refractivity contribution >= 4 is 15.7 Å². The summed E-state index contributed by atoms with van der Waals surface area (Å²) in [4.78, 5) is 0. The third-order valence-corrected chi connectivity index (χ3v) is 5.19. The number of sulfonamides is 1. The first kappa shape index (κ1) is 15.9. The summed E-state index contributed by atoms with van der Waals surface area (Å²) >= 11 is 0. The van der Waals surface area contributed by atoms with Crippen LogP contribution in [-0.2, 0) is 10.0 Å². The molecule has 6 nitrogen and oxygen atoms in total. The van der Waals surface area contributed by atoms with Crippen LogP contribution in [0.5, 0.6) is 11.5 Å². The fraction of sp³-hybridized carbons (Fsp3) is 0.571. The molecule has 1 unspecified atom stereocenters. The molecule has 2 rings (SSSR count). The highest BCUT2D eigenvalue weighted by atomic mass is 32.2. The Balaban J connectivity index is 2.10. The molecule has 0 heterocycles. The number of hydrogen-bond acceptors (Lipinski definition) is 5. The first-order valence-electron chi connectivity index (χ1n) is 6.93. The Hall–Kier alpha value is -1.47. The Morgan fingerprint density at radius 2 is 2.00 bits per heavy atom. The van der Waals surface area contributed by atoms with Gasteiger partial charge >= 0.3 is 0 Å². The van der Waals surface area contributed by atoms with E-state index >= 15 is 0 Å². The molecule has 1 atom stereocenters. The molecule has 1 aromatic rings. The molecule has 0 radical (unpaired) electrons. The van der Waals surface area contributed by atoms with Gasteiger partial charge in [-0.25, -0.2) is 8.42 Å². The van der Waals surface area contributed by atoms with Gasteiger partial charge in [0.05, 0.1) is 25.2 Å². The highest BCUT2D eigenvalue weighted by Crippen LogP contribution is 2.30. The zero-order valence-electron chi connectivity index (χ0n) is 12.5. The van der Waals surface area contributed by atoms with E-state index in [1.807, 2.05) is 0 Å². The summed E-state index contributed by atoms with van der Waals surface area (Å²) in [7, 11) is -0.459. The fourth-order valence-corrected chi connectivity index (χ4v) is 2.86. The maximum Gasteiger partial charge on any atom is 0.236 e. The van der Waals surface area contributed by atoms with Crippen LogP contribution in [0.3, 0.4) is 0 Å². The molecule has 1 saturated carbocycles. The summed E-state index contributed by atoms with van der Waals surface area (Å²) in [6.07, 6.45) is 2.26. The minimum Gasteiger partial charge on any atom is -0.497 e. The number of methoxy groups -OCH3 is 2. The average Bonchev–Trinajstić information content (AvgIpc) is 3.28. The Kier molecular flexibility index (Phi) is 4.95. The first-order chi connectivity index (χ1) is 9.96. The average molecular weight is 314 g/mol. The van der Waals surface area contributed by atoms with Crippen LogP contribution >= 0.6 is 0 Å². The smallest absolute Gasteiger partial charge is 0.236 e. The van der Waals surface area contributed by atoms with Crippen LogP contribution in [0, 0.1) is 0 Å². The number of hydrogen-bond donors (Lipinski definition) is 2. The van der Waals surface area contributed by atoms with Crippen LogP contribution in [0.4, 0.5) is 5.69 Å². The van der Waals surface area contributed by atoms with E-state index in [0.717, 1.165) is 12.8 Å². The Bertz CT molecular complexity index is 585. The second kappa shape index (κ2) is 6.53. The molecule has 1 aliphatic rings. The van der Waals surface area contributed by atoms with Gasteiger partial charge in [-0.2, -0.15) is 0 Å². The van der Waals surface area contributed by atoms with Crippen molar-refractivity contribution in [3.05, 3.63) is 18.2 Å². The van der Waals surface area contributed by atoms with Gasteiger partial charge in [0.25, 0.3) is 0 Å². The SMILES string of the molecule is COc1ccc(OC)c(NS(=O)(=O)C(C)CNC2CC2)c1. The molecular formula is C14H22N2O4S. The van der Waals surface area contributed by atoms with Gasteiger partial charge in [-0.1, -0.05) is 0 Å². The lowest BCUT2D eigenvalue weighted by molar-refractivity contribution is 0.405. The van der Waals surface area contributed by atoms with E-state index < -0.39 is 15.3 Å². The first-order valence-corrected chi connectivity index (χ1v) is 8.48. The van der Waals surface area contributed by atoms with Crippen LogP contribution in [0.15, 0.2) is 18.2 Å². The predicted molar refractivity (Wildman–Crippen MR) is 82.6 cm³/mol. The summed E-state index contributed by atoms with van der Waals surface area (Å²) < 4.78 is 37.6. The molecule has 0 bridgehead atoms. The second-order valence-electron chi connectivity index (χ2n) is 5.21. The summed E-state index contributed by atoms with van der Waals surface area (Å²) in [6, 6.07) is 5.48. The van der Waals surface area contributed by atoms with E-state index in [4.69, 9.17) is 9.47 Å².